The van der Waals surface area contributed by atoms with E-state index in [1.807, 2.05) is 12.1 Å². The summed E-state index contributed by atoms with van der Waals surface area (Å²) >= 11 is 1.78. The first kappa shape index (κ1) is 13.3. The third-order valence-corrected chi connectivity index (χ3v) is 4.59. The van der Waals surface area contributed by atoms with Crippen LogP contribution in [-0.4, -0.2) is 18.0 Å². The Labute approximate surface area is 122 Å². The standard InChI is InChI=1S/C16H17NO2S/c18-14-10-12(16-4-1-7-19-16)9-13(11-14)17-6-5-15-3-2-8-20-15/h1-4,7-8,12H,5-6,9-11H2/p+1/t12-/m0/s1. The SMILES string of the molecule is O=C1CC(=[NH+]CCc2cccs2)C[C@H](c2ccco2)C1. The maximum Gasteiger partial charge on any atom is 0.158 e. The number of nitrogens with one attached hydrogen (secondary N) is 1. The number of hydrogen-bond donors (Lipinski definition) is 1. The van der Waals surface area contributed by atoms with Crippen LogP contribution in [0.4, 0.5) is 0 Å². The smallest absolute Gasteiger partial charge is 0.158 e. The van der Waals surface area contributed by atoms with Crippen LogP contribution < -0.4 is 4.99 Å². The monoisotopic (exact) mass is 288 g/mol. The van der Waals surface area contributed by atoms with E-state index in [1.54, 1.807) is 17.6 Å². The minimum Gasteiger partial charge on any atom is -0.469 e. The minimum atomic E-state index is 0.204. The second-order valence-electron chi connectivity index (χ2n) is 5.20. The third-order valence-electron chi connectivity index (χ3n) is 3.65. The number of furan rings is 1. The van der Waals surface area contributed by atoms with Crippen LogP contribution in [0.15, 0.2) is 40.3 Å². The molecule has 1 saturated carbocycles. The van der Waals surface area contributed by atoms with Crippen molar-refractivity contribution in [2.45, 2.75) is 31.6 Å². The molecule has 0 spiro atoms. The fraction of sp³-hybridized carbons (Fsp3) is 0.375. The normalized spacial score (nSPS) is 21.5. The van der Waals surface area contributed by atoms with E-state index >= 15 is 0 Å². The van der Waals surface area contributed by atoms with E-state index in [9.17, 15) is 4.79 Å². The summed E-state index contributed by atoms with van der Waals surface area (Å²) < 4.78 is 5.44. The first-order valence-corrected chi connectivity index (χ1v) is 7.85. The molecule has 2 heterocycles. The average molecular weight is 288 g/mol. The summed E-state index contributed by atoms with van der Waals surface area (Å²) in [7, 11) is 0. The molecule has 2 aromatic heterocycles. The van der Waals surface area contributed by atoms with Gasteiger partial charge in [0, 0.05) is 30.1 Å². The zero-order valence-corrected chi connectivity index (χ0v) is 12.1. The lowest BCUT2D eigenvalue weighted by atomic mass is 9.85. The molecule has 20 heavy (non-hydrogen) atoms. The van der Waals surface area contributed by atoms with Gasteiger partial charge in [0.05, 0.1) is 12.7 Å². The summed E-state index contributed by atoms with van der Waals surface area (Å²) in [5, 5.41) is 2.10. The number of carbonyl (C=O) groups is 1. The van der Waals surface area contributed by atoms with Crippen LogP contribution in [-0.2, 0) is 11.2 Å². The van der Waals surface area contributed by atoms with Gasteiger partial charge >= 0.3 is 0 Å². The molecular formula is C16H18NO2S+. The van der Waals surface area contributed by atoms with Crippen LogP contribution in [0.25, 0.3) is 0 Å². The molecule has 3 rings (SSSR count). The van der Waals surface area contributed by atoms with Crippen molar-refractivity contribution in [1.82, 2.24) is 0 Å². The summed E-state index contributed by atoms with van der Waals surface area (Å²) in [5.74, 6) is 1.43. The zero-order valence-electron chi connectivity index (χ0n) is 11.3. The fourth-order valence-electron chi connectivity index (χ4n) is 2.70. The lowest BCUT2D eigenvalue weighted by Crippen LogP contribution is -2.74. The Morgan fingerprint density at radius 2 is 2.25 bits per heavy atom. The second-order valence-corrected chi connectivity index (χ2v) is 6.23. The van der Waals surface area contributed by atoms with Gasteiger partial charge in [0.25, 0.3) is 0 Å². The molecule has 0 saturated heterocycles. The predicted molar refractivity (Wildman–Crippen MR) is 79.2 cm³/mol. The van der Waals surface area contributed by atoms with Gasteiger partial charge in [-0.3, -0.25) is 4.79 Å². The van der Waals surface area contributed by atoms with Gasteiger partial charge in [-0.1, -0.05) is 6.07 Å². The Morgan fingerprint density at radius 1 is 1.30 bits per heavy atom. The Bertz CT molecular complexity index is 584. The van der Waals surface area contributed by atoms with Crippen LogP contribution in [0.2, 0.25) is 0 Å². The van der Waals surface area contributed by atoms with Crippen LogP contribution in [0.1, 0.15) is 35.8 Å². The molecular weight excluding hydrogens is 270 g/mol. The third kappa shape index (κ3) is 3.25. The van der Waals surface area contributed by atoms with Crippen molar-refractivity contribution >= 4 is 22.8 Å². The lowest BCUT2D eigenvalue weighted by molar-refractivity contribution is -0.458. The molecule has 0 unspecified atom stereocenters. The predicted octanol–water partition coefficient (Wildman–Crippen LogP) is 1.94. The number of hydrogen-bond acceptors (Lipinski definition) is 3. The number of Topliss-reactive ketones (excluding diaryl/α,β-unsaturated/α-hetero) is 1. The highest BCUT2D eigenvalue weighted by Crippen LogP contribution is 2.28. The van der Waals surface area contributed by atoms with Gasteiger partial charge in [-0.2, -0.15) is 0 Å². The van der Waals surface area contributed by atoms with Gasteiger partial charge in [0.2, 0.25) is 0 Å². The molecule has 1 atom stereocenters. The van der Waals surface area contributed by atoms with E-state index in [0.717, 1.165) is 30.9 Å². The summed E-state index contributed by atoms with van der Waals surface area (Å²) in [5.41, 5.74) is 1.15. The van der Waals surface area contributed by atoms with E-state index in [2.05, 4.69) is 22.5 Å². The number of thiophene rings is 1. The molecule has 1 aliphatic rings. The second kappa shape index (κ2) is 6.18. The molecule has 0 aromatic carbocycles. The average Bonchev–Trinajstić information content (AvgIpc) is 3.11. The largest absolute Gasteiger partial charge is 0.469 e. The first-order chi connectivity index (χ1) is 9.81. The molecule has 0 bridgehead atoms. The van der Waals surface area contributed by atoms with Gasteiger partial charge in [-0.05, 0) is 23.6 Å². The van der Waals surface area contributed by atoms with Crippen LogP contribution in [0.3, 0.4) is 0 Å². The van der Waals surface area contributed by atoms with Crippen LogP contribution in [0.5, 0.6) is 0 Å². The summed E-state index contributed by atoms with van der Waals surface area (Å²) in [4.78, 5) is 16.7. The fourth-order valence-corrected chi connectivity index (χ4v) is 3.41. The van der Waals surface area contributed by atoms with Crippen LogP contribution in [0, 0.1) is 0 Å². The Morgan fingerprint density at radius 3 is 3.00 bits per heavy atom. The van der Waals surface area contributed by atoms with Gasteiger partial charge in [0.1, 0.15) is 18.1 Å². The quantitative estimate of drug-likeness (QED) is 0.934. The molecule has 1 N–H and O–H groups in total. The van der Waals surface area contributed by atoms with Crippen molar-refractivity contribution < 1.29 is 14.2 Å². The van der Waals surface area contributed by atoms with E-state index in [0.29, 0.717) is 18.6 Å². The number of carbonyl (C=O) groups excluding carboxylic acids is 1. The van der Waals surface area contributed by atoms with Gasteiger partial charge in [0.15, 0.2) is 5.71 Å². The van der Waals surface area contributed by atoms with Crippen molar-refractivity contribution in [3.8, 4) is 0 Å². The number of rotatable bonds is 4. The van der Waals surface area contributed by atoms with E-state index < -0.39 is 0 Å². The lowest BCUT2D eigenvalue weighted by Gasteiger charge is -2.17. The molecule has 0 radical (unpaired) electrons. The summed E-state index contributed by atoms with van der Waals surface area (Å²) in [6.45, 7) is 0.897. The molecule has 0 aliphatic heterocycles. The molecule has 104 valence electrons. The Hall–Kier alpha value is -1.68. The minimum absolute atomic E-state index is 0.204. The van der Waals surface area contributed by atoms with E-state index in [-0.39, 0.29) is 5.92 Å². The summed E-state index contributed by atoms with van der Waals surface area (Å²) in [6, 6.07) is 8.07. The van der Waals surface area contributed by atoms with Crippen molar-refractivity contribution in [2.75, 3.05) is 6.54 Å². The van der Waals surface area contributed by atoms with E-state index in [1.165, 1.54) is 4.88 Å². The molecule has 1 aliphatic carbocycles. The highest BCUT2D eigenvalue weighted by atomic mass is 32.1. The van der Waals surface area contributed by atoms with Crippen molar-refractivity contribution in [2.24, 2.45) is 0 Å². The first-order valence-electron chi connectivity index (χ1n) is 6.97. The maximum atomic E-state index is 11.9. The van der Waals surface area contributed by atoms with E-state index in [4.69, 9.17) is 4.42 Å². The van der Waals surface area contributed by atoms with Crippen molar-refractivity contribution in [1.29, 1.82) is 0 Å². The van der Waals surface area contributed by atoms with Gasteiger partial charge in [-0.15, -0.1) is 11.3 Å². The highest BCUT2D eigenvalue weighted by molar-refractivity contribution is 7.09. The zero-order chi connectivity index (χ0) is 13.8. The van der Waals surface area contributed by atoms with Gasteiger partial charge < -0.3 is 4.42 Å². The maximum absolute atomic E-state index is 11.9. The molecule has 2 aromatic rings. The molecule has 4 heteroatoms. The highest BCUT2D eigenvalue weighted by Gasteiger charge is 2.29. The Kier molecular flexibility index (Phi) is 4.11. The topological polar surface area (TPSA) is 44.2 Å². The molecule has 1 fully saturated rings. The molecule has 3 nitrogen and oxygen atoms in total. The van der Waals surface area contributed by atoms with Crippen molar-refractivity contribution in [3.05, 3.63) is 46.5 Å². The summed E-state index contributed by atoms with van der Waals surface area (Å²) in [6.07, 6.45) is 4.77. The van der Waals surface area contributed by atoms with Gasteiger partial charge in [-0.25, -0.2) is 4.99 Å². The molecule has 0 amide bonds. The number of ketones is 1. The van der Waals surface area contributed by atoms with Crippen LogP contribution >= 0.6 is 11.3 Å². The van der Waals surface area contributed by atoms with Crippen molar-refractivity contribution in [3.63, 3.8) is 0 Å². The Balaban J connectivity index is 1.62.